The molecule has 1 aliphatic rings. The van der Waals surface area contributed by atoms with E-state index in [4.69, 9.17) is 4.74 Å². The molecule has 1 heterocycles. The number of methoxy groups -OCH3 is 1. The van der Waals surface area contributed by atoms with Crippen LogP contribution in [0.15, 0.2) is 18.2 Å². The molecule has 4 heteroatoms. The first-order chi connectivity index (χ1) is 8.29. The second kappa shape index (κ2) is 5.77. The molecule has 1 aromatic carbocycles. The molecular weight excluding hydrogens is 216 g/mol. The third kappa shape index (κ3) is 3.27. The number of rotatable bonds is 4. The minimum Gasteiger partial charge on any atom is -0.504 e. The van der Waals surface area contributed by atoms with Crippen LogP contribution in [0.25, 0.3) is 0 Å². The molecule has 0 spiro atoms. The summed E-state index contributed by atoms with van der Waals surface area (Å²) in [4.78, 5) is 0. The van der Waals surface area contributed by atoms with E-state index >= 15 is 0 Å². The highest BCUT2D eigenvalue weighted by Gasteiger charge is 2.12. The molecule has 94 valence electrons. The molecule has 4 nitrogen and oxygen atoms in total. The van der Waals surface area contributed by atoms with Gasteiger partial charge in [-0.3, -0.25) is 0 Å². The van der Waals surface area contributed by atoms with E-state index in [-0.39, 0.29) is 5.75 Å². The second-order valence-corrected chi connectivity index (χ2v) is 4.41. The van der Waals surface area contributed by atoms with Gasteiger partial charge in [-0.1, -0.05) is 6.42 Å². The molecule has 1 saturated heterocycles. The Kier molecular flexibility index (Phi) is 4.09. The second-order valence-electron chi connectivity index (χ2n) is 4.41. The highest BCUT2D eigenvalue weighted by molar-refractivity contribution is 5.54. The number of aromatic hydroxyl groups is 1. The summed E-state index contributed by atoms with van der Waals surface area (Å²) in [6.45, 7) is 2.01. The highest BCUT2D eigenvalue weighted by atomic mass is 16.5. The highest BCUT2D eigenvalue weighted by Crippen LogP contribution is 2.28. The Hall–Kier alpha value is -1.42. The van der Waals surface area contributed by atoms with Crippen LogP contribution in [0.3, 0.4) is 0 Å². The molecule has 1 atom stereocenters. The number of hydrogen-bond donors (Lipinski definition) is 3. The lowest BCUT2D eigenvalue weighted by molar-refractivity contribution is 0.373. The molecule has 0 aliphatic carbocycles. The van der Waals surface area contributed by atoms with Gasteiger partial charge in [0.1, 0.15) is 0 Å². The lowest BCUT2D eigenvalue weighted by Crippen LogP contribution is -2.39. The number of piperidine rings is 1. The summed E-state index contributed by atoms with van der Waals surface area (Å²) in [5.41, 5.74) is 0.927. The Morgan fingerprint density at radius 3 is 3.00 bits per heavy atom. The third-order valence-corrected chi connectivity index (χ3v) is 3.14. The first kappa shape index (κ1) is 12.0. The van der Waals surface area contributed by atoms with Crippen molar-refractivity contribution in [2.75, 3.05) is 25.5 Å². The van der Waals surface area contributed by atoms with Gasteiger partial charge >= 0.3 is 0 Å². The van der Waals surface area contributed by atoms with E-state index in [1.54, 1.807) is 19.2 Å². The van der Waals surface area contributed by atoms with Crippen molar-refractivity contribution in [2.45, 2.75) is 25.3 Å². The number of nitrogens with one attached hydrogen (secondary N) is 2. The number of ether oxygens (including phenoxy) is 1. The fourth-order valence-electron chi connectivity index (χ4n) is 2.14. The summed E-state index contributed by atoms with van der Waals surface area (Å²) >= 11 is 0. The van der Waals surface area contributed by atoms with Crippen molar-refractivity contribution in [1.82, 2.24) is 5.32 Å². The van der Waals surface area contributed by atoms with Gasteiger partial charge < -0.3 is 20.5 Å². The van der Waals surface area contributed by atoms with Crippen molar-refractivity contribution in [3.05, 3.63) is 18.2 Å². The summed E-state index contributed by atoms with van der Waals surface area (Å²) in [5, 5.41) is 16.5. The molecule has 1 fully saturated rings. The molecule has 17 heavy (non-hydrogen) atoms. The van der Waals surface area contributed by atoms with Crippen LogP contribution in [-0.4, -0.2) is 31.3 Å². The van der Waals surface area contributed by atoms with Crippen LogP contribution in [0.4, 0.5) is 5.69 Å². The zero-order valence-corrected chi connectivity index (χ0v) is 10.2. The third-order valence-electron chi connectivity index (χ3n) is 3.14. The van der Waals surface area contributed by atoms with Crippen molar-refractivity contribution in [3.8, 4) is 11.5 Å². The van der Waals surface area contributed by atoms with Gasteiger partial charge in [0.25, 0.3) is 0 Å². The normalized spacial score (nSPS) is 19.9. The Morgan fingerprint density at radius 2 is 2.35 bits per heavy atom. The molecule has 0 radical (unpaired) electrons. The van der Waals surface area contributed by atoms with E-state index in [1.807, 2.05) is 6.07 Å². The Balaban J connectivity index is 1.87. The van der Waals surface area contributed by atoms with E-state index in [0.717, 1.165) is 18.8 Å². The zero-order chi connectivity index (χ0) is 12.1. The quantitative estimate of drug-likeness (QED) is 0.748. The average molecular weight is 236 g/mol. The summed E-state index contributed by atoms with van der Waals surface area (Å²) in [6, 6.07) is 5.92. The predicted molar refractivity (Wildman–Crippen MR) is 68.8 cm³/mol. The van der Waals surface area contributed by atoms with Gasteiger partial charge in [0, 0.05) is 24.3 Å². The Labute approximate surface area is 102 Å². The number of phenolic OH excluding ortho intramolecular Hbond substituents is 1. The molecule has 0 amide bonds. The molecule has 1 aromatic rings. The Morgan fingerprint density at radius 1 is 1.47 bits per heavy atom. The topological polar surface area (TPSA) is 53.5 Å². The van der Waals surface area contributed by atoms with Gasteiger partial charge in [-0.2, -0.15) is 0 Å². The fraction of sp³-hybridized carbons (Fsp3) is 0.538. The van der Waals surface area contributed by atoms with E-state index < -0.39 is 0 Å². The van der Waals surface area contributed by atoms with Gasteiger partial charge in [-0.15, -0.1) is 0 Å². The fourth-order valence-corrected chi connectivity index (χ4v) is 2.14. The molecule has 0 saturated carbocycles. The lowest BCUT2D eigenvalue weighted by atomic mass is 10.1. The number of phenols is 1. The van der Waals surface area contributed by atoms with Crippen LogP contribution in [0, 0.1) is 0 Å². The summed E-state index contributed by atoms with van der Waals surface area (Å²) in [7, 11) is 1.55. The zero-order valence-electron chi connectivity index (χ0n) is 10.2. The maximum Gasteiger partial charge on any atom is 0.160 e. The van der Waals surface area contributed by atoms with Crippen LogP contribution < -0.4 is 15.4 Å². The van der Waals surface area contributed by atoms with Crippen LogP contribution >= 0.6 is 0 Å². The van der Waals surface area contributed by atoms with E-state index in [0.29, 0.717) is 11.8 Å². The maximum absolute atomic E-state index is 9.65. The molecule has 3 N–H and O–H groups in total. The lowest BCUT2D eigenvalue weighted by Gasteiger charge is -2.24. The number of hydrogen-bond acceptors (Lipinski definition) is 4. The van der Waals surface area contributed by atoms with E-state index in [1.165, 1.54) is 19.3 Å². The SMILES string of the molecule is COc1ccc(NCC2CCCCN2)cc1O. The summed E-state index contributed by atoms with van der Waals surface area (Å²) < 4.78 is 5.00. The van der Waals surface area contributed by atoms with Crippen LogP contribution in [0.5, 0.6) is 11.5 Å². The van der Waals surface area contributed by atoms with Crippen molar-refractivity contribution in [3.63, 3.8) is 0 Å². The minimum absolute atomic E-state index is 0.175. The van der Waals surface area contributed by atoms with Gasteiger partial charge in [0.05, 0.1) is 7.11 Å². The molecule has 1 unspecified atom stereocenters. The van der Waals surface area contributed by atoms with Gasteiger partial charge in [-0.05, 0) is 31.5 Å². The monoisotopic (exact) mass is 236 g/mol. The molecule has 1 aliphatic heterocycles. The van der Waals surface area contributed by atoms with E-state index in [9.17, 15) is 5.11 Å². The predicted octanol–water partition coefficient (Wildman–Crippen LogP) is 1.95. The number of benzene rings is 1. The van der Waals surface area contributed by atoms with Crippen molar-refractivity contribution in [2.24, 2.45) is 0 Å². The molecule has 2 rings (SSSR count). The van der Waals surface area contributed by atoms with Crippen molar-refractivity contribution < 1.29 is 9.84 Å². The van der Waals surface area contributed by atoms with Gasteiger partial charge in [0.2, 0.25) is 0 Å². The van der Waals surface area contributed by atoms with Crippen molar-refractivity contribution >= 4 is 5.69 Å². The molecule has 0 aromatic heterocycles. The van der Waals surface area contributed by atoms with Crippen LogP contribution in [0.1, 0.15) is 19.3 Å². The maximum atomic E-state index is 9.65. The number of anilines is 1. The van der Waals surface area contributed by atoms with Gasteiger partial charge in [0.15, 0.2) is 11.5 Å². The summed E-state index contributed by atoms with van der Waals surface area (Å²) in [6.07, 6.45) is 3.79. The van der Waals surface area contributed by atoms with Crippen LogP contribution in [-0.2, 0) is 0 Å². The van der Waals surface area contributed by atoms with Crippen molar-refractivity contribution in [1.29, 1.82) is 0 Å². The Bertz CT molecular complexity index is 362. The minimum atomic E-state index is 0.175. The first-order valence-corrected chi connectivity index (χ1v) is 6.14. The van der Waals surface area contributed by atoms with Gasteiger partial charge in [-0.25, -0.2) is 0 Å². The molecular formula is C13H20N2O2. The largest absolute Gasteiger partial charge is 0.504 e. The smallest absolute Gasteiger partial charge is 0.160 e. The average Bonchev–Trinajstić information content (AvgIpc) is 2.38. The standard InChI is InChI=1S/C13H20N2O2/c1-17-13-6-5-10(8-12(13)16)15-9-11-4-2-3-7-14-11/h5-6,8,11,14-16H,2-4,7,9H2,1H3. The van der Waals surface area contributed by atoms with Crippen LogP contribution in [0.2, 0.25) is 0 Å². The molecule has 0 bridgehead atoms. The summed E-state index contributed by atoms with van der Waals surface area (Å²) in [5.74, 6) is 0.681. The first-order valence-electron chi connectivity index (χ1n) is 6.14. The van der Waals surface area contributed by atoms with E-state index in [2.05, 4.69) is 10.6 Å².